The maximum absolute atomic E-state index is 10.8. The van der Waals surface area contributed by atoms with Crippen LogP contribution in [0, 0.1) is 0 Å². The summed E-state index contributed by atoms with van der Waals surface area (Å²) < 4.78 is 26.3. The molecule has 2 heterocycles. The second-order valence-corrected chi connectivity index (χ2v) is 5.50. The van der Waals surface area contributed by atoms with Crippen molar-refractivity contribution in [3.8, 4) is 0 Å². The van der Waals surface area contributed by atoms with E-state index in [0.29, 0.717) is 16.4 Å². The molecule has 2 aromatic heterocycles. The first kappa shape index (κ1) is 12.2. The van der Waals surface area contributed by atoms with Crippen molar-refractivity contribution < 1.29 is 12.6 Å². The summed E-state index contributed by atoms with van der Waals surface area (Å²) in [5, 5.41) is 1.20. The largest absolute Gasteiger partial charge is 0.264 e. The highest BCUT2D eigenvalue weighted by Gasteiger charge is 2.05. The molecule has 0 aliphatic carbocycles. The molecule has 0 N–H and O–H groups in total. The Morgan fingerprint density at radius 2 is 2.18 bits per heavy atom. The Morgan fingerprint density at radius 3 is 2.88 bits per heavy atom. The van der Waals surface area contributed by atoms with Gasteiger partial charge in [0.15, 0.2) is 0 Å². The summed E-state index contributed by atoms with van der Waals surface area (Å²) in [6, 6.07) is 5.10. The summed E-state index contributed by atoms with van der Waals surface area (Å²) in [6.45, 7) is -0.108. The van der Waals surface area contributed by atoms with Gasteiger partial charge in [0, 0.05) is 11.6 Å². The van der Waals surface area contributed by atoms with Gasteiger partial charge in [-0.15, -0.1) is 0 Å². The van der Waals surface area contributed by atoms with Gasteiger partial charge in [-0.2, -0.15) is 8.42 Å². The number of pyridine rings is 2. The van der Waals surface area contributed by atoms with Crippen molar-refractivity contribution in [1.29, 1.82) is 0 Å². The highest BCUT2D eigenvalue weighted by atomic mass is 35.5. The molecule has 90 valence electrons. The number of nitrogens with zero attached hydrogens (tertiary/aromatic N) is 2. The molecule has 0 aliphatic heterocycles. The maximum atomic E-state index is 10.8. The molecule has 2 rings (SSSR count). The number of fused-ring (bicyclic) bond motifs is 1. The van der Waals surface area contributed by atoms with Crippen LogP contribution in [0.25, 0.3) is 10.9 Å². The van der Waals surface area contributed by atoms with E-state index in [1.807, 2.05) is 0 Å². The summed E-state index contributed by atoms with van der Waals surface area (Å²) >= 11 is 5.76. The molecule has 0 amide bonds. The number of halogens is 1. The minimum absolute atomic E-state index is 0.108. The normalized spacial score (nSPS) is 11.9. The molecule has 5 nitrogen and oxygen atoms in total. The van der Waals surface area contributed by atoms with Crippen LogP contribution < -0.4 is 0 Å². The molecule has 2 aromatic rings. The average Bonchev–Trinajstić information content (AvgIpc) is 2.24. The molecular formula is C10H9ClN2O3S. The lowest BCUT2D eigenvalue weighted by atomic mass is 10.2. The third kappa shape index (κ3) is 3.36. The van der Waals surface area contributed by atoms with Gasteiger partial charge in [0.1, 0.15) is 11.8 Å². The van der Waals surface area contributed by atoms with Gasteiger partial charge < -0.3 is 0 Å². The van der Waals surface area contributed by atoms with E-state index < -0.39 is 10.1 Å². The summed E-state index contributed by atoms with van der Waals surface area (Å²) in [6.07, 6.45) is 2.59. The highest BCUT2D eigenvalue weighted by molar-refractivity contribution is 7.85. The van der Waals surface area contributed by atoms with Crippen LogP contribution in [0.5, 0.6) is 0 Å². The molecule has 0 fully saturated rings. The Labute approximate surface area is 104 Å². The summed E-state index contributed by atoms with van der Waals surface area (Å²) in [7, 11) is -3.47. The minimum Gasteiger partial charge on any atom is -0.264 e. The number of rotatable bonds is 3. The fourth-order valence-corrected chi connectivity index (χ4v) is 1.77. The van der Waals surface area contributed by atoms with Gasteiger partial charge in [-0.3, -0.25) is 9.17 Å². The predicted molar refractivity (Wildman–Crippen MR) is 64.2 cm³/mol. The van der Waals surface area contributed by atoms with E-state index in [2.05, 4.69) is 14.2 Å². The molecule has 0 atom stereocenters. The van der Waals surface area contributed by atoms with Crippen LogP contribution in [0.1, 0.15) is 5.69 Å². The molecule has 17 heavy (non-hydrogen) atoms. The summed E-state index contributed by atoms with van der Waals surface area (Å²) in [5.74, 6) is 0. The van der Waals surface area contributed by atoms with E-state index in [1.54, 1.807) is 24.4 Å². The number of hydrogen-bond donors (Lipinski definition) is 0. The monoisotopic (exact) mass is 272 g/mol. The van der Waals surface area contributed by atoms with Crippen LogP contribution >= 0.6 is 11.6 Å². The van der Waals surface area contributed by atoms with Crippen LogP contribution in [-0.4, -0.2) is 24.6 Å². The van der Waals surface area contributed by atoms with E-state index >= 15 is 0 Å². The third-order valence-corrected chi connectivity index (χ3v) is 2.77. The minimum atomic E-state index is -3.47. The molecule has 7 heteroatoms. The number of aromatic nitrogens is 2. The molecule has 0 unspecified atom stereocenters. The second kappa shape index (κ2) is 4.56. The smallest absolute Gasteiger partial charge is 0.264 e. The van der Waals surface area contributed by atoms with Gasteiger partial charge in [0.25, 0.3) is 10.1 Å². The van der Waals surface area contributed by atoms with Crippen molar-refractivity contribution in [2.24, 2.45) is 0 Å². The molecule has 0 saturated heterocycles. The third-order valence-electron chi connectivity index (χ3n) is 2.02. The van der Waals surface area contributed by atoms with Crippen LogP contribution in [0.3, 0.4) is 0 Å². The van der Waals surface area contributed by atoms with Crippen molar-refractivity contribution >= 4 is 32.6 Å². The van der Waals surface area contributed by atoms with E-state index in [1.165, 1.54) is 0 Å². The molecular weight excluding hydrogens is 264 g/mol. The Bertz CT molecular complexity index is 658. The number of hydrogen-bond acceptors (Lipinski definition) is 5. The molecule has 0 spiro atoms. The van der Waals surface area contributed by atoms with Crippen molar-refractivity contribution in [3.05, 3.63) is 35.2 Å². The first-order valence-corrected chi connectivity index (χ1v) is 6.89. The average molecular weight is 273 g/mol. The first-order valence-electron chi connectivity index (χ1n) is 4.70. The fourth-order valence-electron chi connectivity index (χ4n) is 1.28. The Morgan fingerprint density at radius 1 is 1.41 bits per heavy atom. The molecule has 0 saturated carbocycles. The highest BCUT2D eigenvalue weighted by Crippen LogP contribution is 2.15. The molecule has 0 radical (unpaired) electrons. The zero-order valence-electron chi connectivity index (χ0n) is 8.92. The van der Waals surface area contributed by atoms with Crippen LogP contribution in [0.2, 0.25) is 5.15 Å². The molecule has 0 bridgehead atoms. The van der Waals surface area contributed by atoms with Crippen molar-refractivity contribution in [1.82, 2.24) is 9.97 Å². The van der Waals surface area contributed by atoms with E-state index in [9.17, 15) is 8.42 Å². The Kier molecular flexibility index (Phi) is 3.28. The standard InChI is InChI=1S/C10H9ClN2O3S/c1-17(14,15)16-6-8-4-9-7(5-12-8)2-3-10(11)13-9/h2-5H,6H2,1H3. The zero-order chi connectivity index (χ0) is 12.5. The zero-order valence-corrected chi connectivity index (χ0v) is 10.5. The van der Waals surface area contributed by atoms with Gasteiger partial charge in [0.05, 0.1) is 17.5 Å². The van der Waals surface area contributed by atoms with Crippen LogP contribution in [0.15, 0.2) is 24.4 Å². The quantitative estimate of drug-likeness (QED) is 0.629. The molecule has 0 aromatic carbocycles. The van der Waals surface area contributed by atoms with Crippen LogP contribution in [-0.2, 0) is 20.9 Å². The summed E-state index contributed by atoms with van der Waals surface area (Å²) in [4.78, 5) is 8.17. The topological polar surface area (TPSA) is 69.2 Å². The van der Waals surface area contributed by atoms with Crippen molar-refractivity contribution in [2.45, 2.75) is 6.61 Å². The van der Waals surface area contributed by atoms with Crippen molar-refractivity contribution in [3.63, 3.8) is 0 Å². The lowest BCUT2D eigenvalue weighted by molar-refractivity contribution is 0.307. The lowest BCUT2D eigenvalue weighted by Gasteiger charge is -2.02. The van der Waals surface area contributed by atoms with Gasteiger partial charge in [-0.1, -0.05) is 11.6 Å². The fraction of sp³-hybridized carbons (Fsp3) is 0.200. The lowest BCUT2D eigenvalue weighted by Crippen LogP contribution is -2.03. The van der Waals surface area contributed by atoms with E-state index in [-0.39, 0.29) is 6.61 Å². The SMILES string of the molecule is CS(=O)(=O)OCc1cc2nc(Cl)ccc2cn1. The molecule has 0 aliphatic rings. The first-order chi connectivity index (χ1) is 7.94. The second-order valence-electron chi connectivity index (χ2n) is 3.47. The van der Waals surface area contributed by atoms with Gasteiger partial charge in [-0.25, -0.2) is 4.98 Å². The van der Waals surface area contributed by atoms with Gasteiger partial charge in [-0.05, 0) is 18.2 Å². The van der Waals surface area contributed by atoms with Gasteiger partial charge >= 0.3 is 0 Å². The van der Waals surface area contributed by atoms with E-state index in [4.69, 9.17) is 11.6 Å². The summed E-state index contributed by atoms with van der Waals surface area (Å²) in [5.41, 5.74) is 1.14. The van der Waals surface area contributed by atoms with Crippen molar-refractivity contribution in [2.75, 3.05) is 6.26 Å². The maximum Gasteiger partial charge on any atom is 0.264 e. The van der Waals surface area contributed by atoms with Crippen LogP contribution in [0.4, 0.5) is 0 Å². The Balaban J connectivity index is 2.31. The Hall–Kier alpha value is -1.24. The van der Waals surface area contributed by atoms with Gasteiger partial charge in [0.2, 0.25) is 0 Å². The van der Waals surface area contributed by atoms with E-state index in [0.717, 1.165) is 11.6 Å². The predicted octanol–water partition coefficient (Wildman–Crippen LogP) is 1.76.